The molecule has 0 fully saturated rings. The smallest absolute Gasteiger partial charge is 0.271 e. The van der Waals surface area contributed by atoms with Crippen molar-refractivity contribution in [2.45, 2.75) is 46.2 Å². The maximum absolute atomic E-state index is 12.7. The third-order valence-electron chi connectivity index (χ3n) is 3.01. The van der Waals surface area contributed by atoms with E-state index in [2.05, 4.69) is 6.58 Å². The zero-order chi connectivity index (χ0) is 14.8. The average molecular weight is 263 g/mol. The first-order valence-electron chi connectivity index (χ1n) is 6.58. The molecule has 0 atom stereocenters. The van der Waals surface area contributed by atoms with Crippen molar-refractivity contribution in [3.63, 3.8) is 0 Å². The Morgan fingerprint density at radius 2 is 2.11 bits per heavy atom. The van der Waals surface area contributed by atoms with Gasteiger partial charge in [-0.05, 0) is 40.7 Å². The van der Waals surface area contributed by atoms with E-state index in [0.29, 0.717) is 17.9 Å². The van der Waals surface area contributed by atoms with E-state index in [-0.39, 0.29) is 17.5 Å². The molecule has 0 saturated carbocycles. The van der Waals surface area contributed by atoms with Crippen molar-refractivity contribution < 1.29 is 4.79 Å². The fourth-order valence-electron chi connectivity index (χ4n) is 2.03. The zero-order valence-electron chi connectivity index (χ0n) is 12.6. The van der Waals surface area contributed by atoms with Crippen LogP contribution < -0.4 is 5.73 Å². The number of carbonyl (C=O) groups excluding carboxylic acids is 1. The number of aromatic nitrogens is 1. The van der Waals surface area contributed by atoms with Gasteiger partial charge < -0.3 is 15.2 Å². The van der Waals surface area contributed by atoms with Crippen LogP contribution in [0.15, 0.2) is 24.9 Å². The lowest BCUT2D eigenvalue weighted by atomic mass is 10.1. The summed E-state index contributed by atoms with van der Waals surface area (Å²) in [7, 11) is 0. The normalized spacial score (nSPS) is 11.7. The highest BCUT2D eigenvalue weighted by molar-refractivity contribution is 5.94. The van der Waals surface area contributed by atoms with Crippen LogP contribution in [0.25, 0.3) is 0 Å². The van der Waals surface area contributed by atoms with Crippen molar-refractivity contribution in [3.05, 3.63) is 30.6 Å². The van der Waals surface area contributed by atoms with Crippen LogP contribution in [-0.2, 0) is 0 Å². The molecule has 0 aliphatic heterocycles. The molecule has 4 nitrogen and oxygen atoms in total. The Bertz CT molecular complexity index is 466. The monoisotopic (exact) mass is 263 g/mol. The van der Waals surface area contributed by atoms with Crippen molar-refractivity contribution in [2.24, 2.45) is 0 Å². The number of amides is 1. The van der Waals surface area contributed by atoms with E-state index in [1.165, 1.54) is 0 Å². The van der Waals surface area contributed by atoms with Crippen LogP contribution in [0, 0.1) is 0 Å². The molecule has 0 radical (unpaired) electrons. The van der Waals surface area contributed by atoms with Gasteiger partial charge in [-0.25, -0.2) is 0 Å². The first-order chi connectivity index (χ1) is 8.68. The molecule has 19 heavy (non-hydrogen) atoms. The Labute approximate surface area is 115 Å². The van der Waals surface area contributed by atoms with Gasteiger partial charge in [-0.1, -0.05) is 6.08 Å². The molecule has 2 N–H and O–H groups in total. The number of anilines is 1. The van der Waals surface area contributed by atoms with E-state index >= 15 is 0 Å². The van der Waals surface area contributed by atoms with Gasteiger partial charge in [0.25, 0.3) is 5.91 Å². The minimum Gasteiger partial charge on any atom is -0.397 e. The van der Waals surface area contributed by atoms with Gasteiger partial charge in [0, 0.05) is 24.3 Å². The largest absolute Gasteiger partial charge is 0.397 e. The van der Waals surface area contributed by atoms with Gasteiger partial charge in [0.05, 0.1) is 5.69 Å². The Morgan fingerprint density at radius 3 is 2.53 bits per heavy atom. The third-order valence-corrected chi connectivity index (χ3v) is 3.01. The highest BCUT2D eigenvalue weighted by atomic mass is 16.2. The van der Waals surface area contributed by atoms with E-state index in [0.717, 1.165) is 0 Å². The van der Waals surface area contributed by atoms with Gasteiger partial charge in [-0.15, -0.1) is 6.58 Å². The summed E-state index contributed by atoms with van der Waals surface area (Å²) in [6.07, 6.45) is 3.56. The lowest BCUT2D eigenvalue weighted by Gasteiger charge is -2.35. The SMILES string of the molecule is C=CCN(C(=O)c1cc(N)cn1C(C)C)C(C)(C)C. The number of nitrogens with two attached hydrogens (primary N) is 1. The summed E-state index contributed by atoms with van der Waals surface area (Å²) in [5.41, 5.74) is 6.81. The van der Waals surface area contributed by atoms with Gasteiger partial charge in [0.15, 0.2) is 0 Å². The zero-order valence-corrected chi connectivity index (χ0v) is 12.6. The number of hydrogen-bond donors (Lipinski definition) is 1. The van der Waals surface area contributed by atoms with Crippen molar-refractivity contribution in [3.8, 4) is 0 Å². The molecule has 106 valence electrons. The van der Waals surface area contributed by atoms with Gasteiger partial charge in [0.2, 0.25) is 0 Å². The molecule has 1 rings (SSSR count). The molecular weight excluding hydrogens is 238 g/mol. The minimum atomic E-state index is -0.258. The first-order valence-corrected chi connectivity index (χ1v) is 6.58. The van der Waals surface area contributed by atoms with Gasteiger partial charge in [-0.2, -0.15) is 0 Å². The topological polar surface area (TPSA) is 51.3 Å². The minimum absolute atomic E-state index is 0.0159. The number of nitrogen functional groups attached to an aromatic ring is 1. The summed E-state index contributed by atoms with van der Waals surface area (Å²) >= 11 is 0. The van der Waals surface area contributed by atoms with E-state index in [9.17, 15) is 4.79 Å². The number of carbonyl (C=O) groups is 1. The lowest BCUT2D eigenvalue weighted by molar-refractivity contribution is 0.0603. The Kier molecular flexibility index (Phi) is 4.45. The summed E-state index contributed by atoms with van der Waals surface area (Å²) in [5, 5.41) is 0. The van der Waals surface area contributed by atoms with Crippen molar-refractivity contribution in [1.82, 2.24) is 9.47 Å². The molecule has 0 spiro atoms. The average Bonchev–Trinajstić information content (AvgIpc) is 2.66. The maximum Gasteiger partial charge on any atom is 0.271 e. The van der Waals surface area contributed by atoms with Crippen LogP contribution in [0.5, 0.6) is 0 Å². The van der Waals surface area contributed by atoms with E-state index < -0.39 is 0 Å². The van der Waals surface area contributed by atoms with Crippen molar-refractivity contribution in [2.75, 3.05) is 12.3 Å². The first kappa shape index (κ1) is 15.3. The molecule has 1 amide bonds. The number of nitrogens with zero attached hydrogens (tertiary/aromatic N) is 2. The van der Waals surface area contributed by atoms with Crippen LogP contribution in [0.4, 0.5) is 5.69 Å². The van der Waals surface area contributed by atoms with Crippen LogP contribution in [0.3, 0.4) is 0 Å². The van der Waals surface area contributed by atoms with Crippen LogP contribution >= 0.6 is 0 Å². The molecule has 1 heterocycles. The van der Waals surface area contributed by atoms with Gasteiger partial charge >= 0.3 is 0 Å². The van der Waals surface area contributed by atoms with E-state index in [4.69, 9.17) is 5.73 Å². The summed E-state index contributed by atoms with van der Waals surface area (Å²) in [6, 6.07) is 1.94. The predicted molar refractivity (Wildman–Crippen MR) is 80.2 cm³/mol. The summed E-state index contributed by atoms with van der Waals surface area (Å²) in [4.78, 5) is 14.5. The second-order valence-electron chi connectivity index (χ2n) is 6.03. The van der Waals surface area contributed by atoms with Gasteiger partial charge in [0.1, 0.15) is 5.69 Å². The predicted octanol–water partition coefficient (Wildman–Crippen LogP) is 3.08. The van der Waals surface area contributed by atoms with E-state index in [1.54, 1.807) is 17.0 Å². The van der Waals surface area contributed by atoms with E-state index in [1.807, 2.05) is 45.4 Å². The molecular formula is C15H25N3O. The van der Waals surface area contributed by atoms with Gasteiger partial charge in [-0.3, -0.25) is 4.79 Å². The summed E-state index contributed by atoms with van der Waals surface area (Å²) in [6.45, 7) is 14.4. The van der Waals surface area contributed by atoms with Crippen LogP contribution in [0.1, 0.15) is 51.1 Å². The fourth-order valence-corrected chi connectivity index (χ4v) is 2.03. The summed E-state index contributed by atoms with van der Waals surface area (Å²) < 4.78 is 1.92. The maximum atomic E-state index is 12.7. The molecule has 0 unspecified atom stereocenters. The quantitative estimate of drug-likeness (QED) is 0.849. The molecule has 1 aromatic heterocycles. The number of hydrogen-bond acceptors (Lipinski definition) is 2. The highest BCUT2D eigenvalue weighted by Crippen LogP contribution is 2.22. The summed E-state index contributed by atoms with van der Waals surface area (Å²) in [5.74, 6) is -0.0159. The second kappa shape index (κ2) is 5.51. The third kappa shape index (κ3) is 3.40. The van der Waals surface area contributed by atoms with Crippen molar-refractivity contribution in [1.29, 1.82) is 0 Å². The molecule has 0 aromatic carbocycles. The molecule has 0 aliphatic rings. The Balaban J connectivity index is 3.20. The van der Waals surface area contributed by atoms with Crippen molar-refractivity contribution >= 4 is 11.6 Å². The molecule has 0 aliphatic carbocycles. The number of rotatable bonds is 4. The second-order valence-corrected chi connectivity index (χ2v) is 6.03. The molecule has 0 saturated heterocycles. The highest BCUT2D eigenvalue weighted by Gasteiger charge is 2.28. The Hall–Kier alpha value is -1.71. The molecule has 1 aromatic rings. The van der Waals surface area contributed by atoms with Crippen LogP contribution in [-0.4, -0.2) is 27.5 Å². The standard InChI is InChI=1S/C15H25N3O/c1-7-8-18(15(4,5)6)14(19)13-9-12(16)10-17(13)11(2)3/h7,9-11H,1,8,16H2,2-6H3. The Morgan fingerprint density at radius 1 is 1.53 bits per heavy atom. The van der Waals surface area contributed by atoms with Crippen LogP contribution in [0.2, 0.25) is 0 Å². The lowest BCUT2D eigenvalue weighted by Crippen LogP contribution is -2.46. The molecule has 0 bridgehead atoms. The molecule has 4 heteroatoms. The fraction of sp³-hybridized carbons (Fsp3) is 0.533.